The highest BCUT2D eigenvalue weighted by molar-refractivity contribution is 6.30. The summed E-state index contributed by atoms with van der Waals surface area (Å²) < 4.78 is 1.43. The normalized spacial score (nSPS) is 17.0. The zero-order valence-electron chi connectivity index (χ0n) is 11.1. The third-order valence-electron chi connectivity index (χ3n) is 3.06. The van der Waals surface area contributed by atoms with Crippen molar-refractivity contribution in [3.05, 3.63) is 35.1 Å². The fourth-order valence-corrected chi connectivity index (χ4v) is 2.36. The summed E-state index contributed by atoms with van der Waals surface area (Å²) in [6.07, 6.45) is 0.0161. The van der Waals surface area contributed by atoms with Crippen LogP contribution in [0.25, 0.3) is 0 Å². The summed E-state index contributed by atoms with van der Waals surface area (Å²) in [5.41, 5.74) is 0.567. The highest BCUT2D eigenvalue weighted by Crippen LogP contribution is 2.24. The van der Waals surface area contributed by atoms with Gasteiger partial charge >= 0.3 is 0 Å². The van der Waals surface area contributed by atoms with Crippen molar-refractivity contribution < 1.29 is 9.59 Å². The Balaban J connectivity index is 1.86. The van der Waals surface area contributed by atoms with E-state index < -0.39 is 6.04 Å². The molecule has 7 nitrogen and oxygen atoms in total. The Hall–Kier alpha value is -2.41. The van der Waals surface area contributed by atoms with Crippen molar-refractivity contribution in [1.29, 1.82) is 0 Å². The summed E-state index contributed by atoms with van der Waals surface area (Å²) in [5, 5.41) is 9.99. The molecule has 3 rings (SSSR count). The smallest absolute Gasteiger partial charge is 0.249 e. The van der Waals surface area contributed by atoms with E-state index in [-0.39, 0.29) is 24.2 Å². The summed E-state index contributed by atoms with van der Waals surface area (Å²) >= 11 is 5.88. The zero-order chi connectivity index (χ0) is 15.0. The molecule has 8 heteroatoms. The molecule has 2 heterocycles. The molecule has 0 saturated heterocycles. The van der Waals surface area contributed by atoms with Gasteiger partial charge in [0, 0.05) is 10.7 Å². The van der Waals surface area contributed by atoms with Gasteiger partial charge in [0.05, 0.1) is 6.42 Å². The Morgan fingerprint density at radius 1 is 1.52 bits per heavy atom. The molecule has 2 N–H and O–H groups in total. The molecule has 1 aromatic carbocycles. The van der Waals surface area contributed by atoms with Gasteiger partial charge < -0.3 is 5.32 Å². The van der Waals surface area contributed by atoms with Gasteiger partial charge in [-0.1, -0.05) is 17.7 Å². The lowest BCUT2D eigenvalue weighted by molar-refractivity contribution is -0.125. The largest absolute Gasteiger partial charge is 0.324 e. The van der Waals surface area contributed by atoms with Crippen LogP contribution in [0, 0.1) is 6.92 Å². The number of fused-ring (bicyclic) bond motifs is 1. The Morgan fingerprint density at radius 3 is 3.10 bits per heavy atom. The molecule has 1 aromatic heterocycles. The van der Waals surface area contributed by atoms with Gasteiger partial charge in [-0.05, 0) is 25.1 Å². The summed E-state index contributed by atoms with van der Waals surface area (Å²) in [7, 11) is 0. The van der Waals surface area contributed by atoms with E-state index in [2.05, 4.69) is 20.7 Å². The number of halogens is 1. The first-order chi connectivity index (χ1) is 10.0. The molecular formula is C13H12ClN5O2. The number of carbonyl (C=O) groups excluding carboxylic acids is 2. The van der Waals surface area contributed by atoms with Gasteiger partial charge in [0.25, 0.3) is 0 Å². The lowest BCUT2D eigenvalue weighted by Gasteiger charge is -2.22. The topological polar surface area (TPSA) is 88.9 Å². The van der Waals surface area contributed by atoms with Gasteiger partial charge in [0.1, 0.15) is 11.9 Å². The van der Waals surface area contributed by atoms with Gasteiger partial charge in [-0.15, -0.1) is 0 Å². The molecule has 1 aliphatic rings. The van der Waals surface area contributed by atoms with Gasteiger partial charge in [0.15, 0.2) is 0 Å². The molecule has 2 aromatic rings. The van der Waals surface area contributed by atoms with Crippen molar-refractivity contribution in [2.24, 2.45) is 0 Å². The molecule has 0 bridgehead atoms. The molecule has 0 radical (unpaired) electrons. The number of aromatic nitrogens is 3. The minimum Gasteiger partial charge on any atom is -0.324 e. The van der Waals surface area contributed by atoms with Crippen LogP contribution in [0.1, 0.15) is 18.3 Å². The average molecular weight is 306 g/mol. The van der Waals surface area contributed by atoms with Crippen molar-refractivity contribution in [1.82, 2.24) is 14.8 Å². The summed E-state index contributed by atoms with van der Waals surface area (Å²) in [6, 6.07) is 6.07. The zero-order valence-corrected chi connectivity index (χ0v) is 11.9. The van der Waals surface area contributed by atoms with Gasteiger partial charge in [-0.3, -0.25) is 14.9 Å². The second-order valence-corrected chi connectivity index (χ2v) is 5.13. The predicted octanol–water partition coefficient (Wildman–Crippen LogP) is 1.76. The number of anilines is 2. The average Bonchev–Trinajstić information content (AvgIpc) is 2.77. The van der Waals surface area contributed by atoms with E-state index in [0.29, 0.717) is 16.5 Å². The third-order valence-corrected chi connectivity index (χ3v) is 3.29. The van der Waals surface area contributed by atoms with Crippen molar-refractivity contribution in [2.45, 2.75) is 19.4 Å². The number of hydrogen-bond donors (Lipinski definition) is 2. The van der Waals surface area contributed by atoms with Crippen LogP contribution < -0.4 is 10.6 Å². The molecule has 2 amide bonds. The SMILES string of the molecule is Cc1nc2n(n1)[C@@H](C(=O)Nc1cccc(Cl)c1)CC(=O)N2. The van der Waals surface area contributed by atoms with Crippen LogP contribution in [0.15, 0.2) is 24.3 Å². The van der Waals surface area contributed by atoms with Gasteiger partial charge in [0.2, 0.25) is 17.8 Å². The first kappa shape index (κ1) is 13.6. The monoisotopic (exact) mass is 305 g/mol. The van der Waals surface area contributed by atoms with Crippen LogP contribution >= 0.6 is 11.6 Å². The number of benzene rings is 1. The number of carbonyl (C=O) groups is 2. The van der Waals surface area contributed by atoms with Crippen LogP contribution in [0.3, 0.4) is 0 Å². The Labute approximate surface area is 125 Å². The summed E-state index contributed by atoms with van der Waals surface area (Å²) in [5.74, 6) is 0.183. The standard InChI is InChI=1S/C13H12ClN5O2/c1-7-15-13-17-11(20)6-10(19(13)18-7)12(21)16-9-4-2-3-8(14)5-9/h2-5,10H,6H2,1H3,(H,16,21)(H,15,17,18,20)/t10-/m1/s1. The molecule has 0 aliphatic carbocycles. The second-order valence-electron chi connectivity index (χ2n) is 4.69. The van der Waals surface area contributed by atoms with E-state index in [1.807, 2.05) is 0 Å². The van der Waals surface area contributed by atoms with Crippen LogP contribution in [-0.2, 0) is 9.59 Å². The minimum absolute atomic E-state index is 0.0161. The van der Waals surface area contributed by atoms with E-state index in [9.17, 15) is 9.59 Å². The number of nitrogens with zero attached hydrogens (tertiary/aromatic N) is 3. The van der Waals surface area contributed by atoms with Crippen molar-refractivity contribution >= 4 is 35.1 Å². The van der Waals surface area contributed by atoms with Gasteiger partial charge in [-0.2, -0.15) is 10.1 Å². The molecule has 108 valence electrons. The van der Waals surface area contributed by atoms with Crippen molar-refractivity contribution in [3.63, 3.8) is 0 Å². The van der Waals surface area contributed by atoms with E-state index in [1.165, 1.54) is 4.68 Å². The number of aryl methyl sites for hydroxylation is 1. The van der Waals surface area contributed by atoms with Crippen molar-refractivity contribution in [2.75, 3.05) is 10.6 Å². The summed E-state index contributed by atoms with van der Waals surface area (Å²) in [4.78, 5) is 28.1. The van der Waals surface area contributed by atoms with Crippen LogP contribution in [0.4, 0.5) is 11.6 Å². The van der Waals surface area contributed by atoms with E-state index in [0.717, 1.165) is 0 Å². The third kappa shape index (κ3) is 2.73. The van der Waals surface area contributed by atoms with E-state index in [1.54, 1.807) is 31.2 Å². The van der Waals surface area contributed by atoms with E-state index >= 15 is 0 Å². The fraction of sp³-hybridized carbons (Fsp3) is 0.231. The quantitative estimate of drug-likeness (QED) is 0.885. The Morgan fingerprint density at radius 2 is 2.33 bits per heavy atom. The van der Waals surface area contributed by atoms with Crippen LogP contribution in [0.2, 0.25) is 5.02 Å². The molecule has 1 aliphatic heterocycles. The lowest BCUT2D eigenvalue weighted by Crippen LogP contribution is -2.36. The number of amides is 2. The van der Waals surface area contributed by atoms with Crippen LogP contribution in [0.5, 0.6) is 0 Å². The maximum absolute atomic E-state index is 12.4. The summed E-state index contributed by atoms with van der Waals surface area (Å²) in [6.45, 7) is 1.70. The maximum Gasteiger partial charge on any atom is 0.249 e. The number of rotatable bonds is 2. The van der Waals surface area contributed by atoms with E-state index in [4.69, 9.17) is 11.6 Å². The van der Waals surface area contributed by atoms with Crippen molar-refractivity contribution in [3.8, 4) is 0 Å². The molecule has 0 unspecified atom stereocenters. The molecular weight excluding hydrogens is 294 g/mol. The number of nitrogens with one attached hydrogen (secondary N) is 2. The van der Waals surface area contributed by atoms with Gasteiger partial charge in [-0.25, -0.2) is 4.68 Å². The molecule has 0 spiro atoms. The first-order valence-corrected chi connectivity index (χ1v) is 6.70. The predicted molar refractivity (Wildman–Crippen MR) is 77.1 cm³/mol. The molecule has 0 saturated carbocycles. The molecule has 0 fully saturated rings. The highest BCUT2D eigenvalue weighted by Gasteiger charge is 2.32. The first-order valence-electron chi connectivity index (χ1n) is 6.32. The minimum atomic E-state index is -0.728. The Kier molecular flexibility index (Phi) is 3.34. The second kappa shape index (κ2) is 5.17. The lowest BCUT2D eigenvalue weighted by atomic mass is 10.1. The molecule has 1 atom stereocenters. The maximum atomic E-state index is 12.4. The van der Waals surface area contributed by atoms with Crippen LogP contribution in [-0.4, -0.2) is 26.6 Å². The highest BCUT2D eigenvalue weighted by atomic mass is 35.5. The Bertz CT molecular complexity index is 727. The fourth-order valence-electron chi connectivity index (χ4n) is 2.17. The number of hydrogen-bond acceptors (Lipinski definition) is 4. The molecule has 21 heavy (non-hydrogen) atoms.